The van der Waals surface area contributed by atoms with Crippen molar-refractivity contribution in [1.29, 1.82) is 0 Å². The first-order chi connectivity index (χ1) is 19.7. The van der Waals surface area contributed by atoms with Crippen molar-refractivity contribution < 1.29 is 28.2 Å². The summed E-state index contributed by atoms with van der Waals surface area (Å²) in [5.41, 5.74) is 2.15. The molecular formula is C29H38FN5O5S. The number of thiazole rings is 1. The number of likely N-dealkylation sites (tertiary alicyclic amines) is 1. The molecular weight excluding hydrogens is 549 g/mol. The van der Waals surface area contributed by atoms with Gasteiger partial charge in [-0.15, -0.1) is 11.3 Å². The minimum atomic E-state index is -1.42. The highest BCUT2D eigenvalue weighted by atomic mass is 32.1. The number of carbonyl (C=O) groups excluding carboxylic acids is 3. The normalized spacial score (nSPS) is 23.7. The maximum Gasteiger partial charge on any atom is 0.251 e. The predicted octanol–water partition coefficient (Wildman–Crippen LogP) is 2.24. The third kappa shape index (κ3) is 6.61. The van der Waals surface area contributed by atoms with Crippen molar-refractivity contribution in [2.75, 3.05) is 64.5 Å². The Bertz CT molecular complexity index is 1230. The largest absolute Gasteiger partial charge is 0.383 e. The summed E-state index contributed by atoms with van der Waals surface area (Å²) in [6, 6.07) is 5.33. The molecule has 41 heavy (non-hydrogen) atoms. The summed E-state index contributed by atoms with van der Waals surface area (Å²) >= 11 is 1.61. The van der Waals surface area contributed by atoms with Crippen LogP contribution in [0.25, 0.3) is 11.3 Å². The Morgan fingerprint density at radius 3 is 2.61 bits per heavy atom. The number of hydrogen-bond donors (Lipinski definition) is 1. The molecule has 4 atom stereocenters. The highest BCUT2D eigenvalue weighted by Gasteiger charge is 2.53. The third-order valence-electron chi connectivity index (χ3n) is 7.91. The fraction of sp³-hybridized carbons (Fsp3) is 0.586. The number of Topliss-reactive ketones (excluding diaryl/α,β-unsaturated/α-hetero) is 1. The smallest absolute Gasteiger partial charge is 0.251 e. The number of rotatable bonds is 10. The Hall–Kier alpha value is -2.93. The van der Waals surface area contributed by atoms with E-state index in [0.29, 0.717) is 12.0 Å². The molecule has 0 aliphatic carbocycles. The number of methoxy groups -OCH3 is 1. The minimum Gasteiger partial charge on any atom is -0.383 e. The molecule has 3 fully saturated rings. The number of hydrogen-bond acceptors (Lipinski definition) is 9. The van der Waals surface area contributed by atoms with Crippen LogP contribution in [0.3, 0.4) is 0 Å². The van der Waals surface area contributed by atoms with Gasteiger partial charge in [0.25, 0.3) is 5.91 Å². The van der Waals surface area contributed by atoms with E-state index in [1.54, 1.807) is 30.6 Å². The summed E-state index contributed by atoms with van der Waals surface area (Å²) in [5.74, 6) is -1.06. The van der Waals surface area contributed by atoms with Crippen molar-refractivity contribution in [1.82, 2.24) is 20.1 Å². The maximum atomic E-state index is 14.5. The Morgan fingerprint density at radius 1 is 1.20 bits per heavy atom. The van der Waals surface area contributed by atoms with Crippen molar-refractivity contribution in [3.63, 3.8) is 0 Å². The lowest BCUT2D eigenvalue weighted by Gasteiger charge is -2.34. The Balaban J connectivity index is 1.21. The van der Waals surface area contributed by atoms with Gasteiger partial charge in [0.05, 0.1) is 18.8 Å². The average molecular weight is 588 g/mol. The van der Waals surface area contributed by atoms with Crippen molar-refractivity contribution in [2.45, 2.75) is 44.6 Å². The summed E-state index contributed by atoms with van der Waals surface area (Å²) in [5, 5.41) is 5.84. The van der Waals surface area contributed by atoms with E-state index in [9.17, 15) is 18.8 Å². The molecule has 10 nitrogen and oxygen atoms in total. The lowest BCUT2D eigenvalue weighted by molar-refractivity contribution is -0.138. The van der Waals surface area contributed by atoms with Crippen molar-refractivity contribution in [2.24, 2.45) is 5.92 Å². The standard InChI is InChI=1S/C29H38FN5O5S/c1-18(2)14-22(28(38)35-15-21(30)26-25(35)24(36)16-40-26)31-27(37)20-6-4-19(5-7-20)23-17-41-29(32-23)34-10-8-33(9-11-34)12-13-39-3/h4-7,17-18,21-22,25-26H,8-16H2,1-3H3,(H,31,37)/t21-,22-,25+,26+/m0/s1. The van der Waals surface area contributed by atoms with E-state index in [4.69, 9.17) is 14.5 Å². The zero-order valence-electron chi connectivity index (χ0n) is 23.8. The molecule has 5 rings (SSSR count). The summed E-state index contributed by atoms with van der Waals surface area (Å²) < 4.78 is 24.9. The minimum absolute atomic E-state index is 0.0916. The van der Waals surface area contributed by atoms with Crippen LogP contribution in [0.4, 0.5) is 9.52 Å². The number of amides is 2. The first-order valence-electron chi connectivity index (χ1n) is 14.2. The van der Waals surface area contributed by atoms with Crippen LogP contribution in [0.1, 0.15) is 30.6 Å². The van der Waals surface area contributed by atoms with E-state index in [-0.39, 0.29) is 24.9 Å². The fourth-order valence-electron chi connectivity index (χ4n) is 5.68. The zero-order valence-corrected chi connectivity index (χ0v) is 24.6. The number of piperazine rings is 1. The van der Waals surface area contributed by atoms with E-state index < -0.39 is 36.2 Å². The molecule has 0 unspecified atom stereocenters. The van der Waals surface area contributed by atoms with Crippen LogP contribution >= 0.6 is 11.3 Å². The number of anilines is 1. The molecule has 3 saturated heterocycles. The quantitative estimate of drug-likeness (QED) is 0.452. The summed E-state index contributed by atoms with van der Waals surface area (Å²) in [7, 11) is 1.72. The molecule has 4 heterocycles. The number of halogens is 1. The molecule has 0 saturated carbocycles. The van der Waals surface area contributed by atoms with Gasteiger partial charge < -0.3 is 24.6 Å². The van der Waals surface area contributed by atoms with Gasteiger partial charge in [0.1, 0.15) is 31.0 Å². The van der Waals surface area contributed by atoms with Gasteiger partial charge in [-0.05, 0) is 24.5 Å². The number of benzene rings is 1. The van der Waals surface area contributed by atoms with Gasteiger partial charge >= 0.3 is 0 Å². The Labute approximate surface area is 243 Å². The van der Waals surface area contributed by atoms with Gasteiger partial charge in [0.15, 0.2) is 10.9 Å². The average Bonchev–Trinajstić information content (AvgIpc) is 3.69. The number of ketones is 1. The van der Waals surface area contributed by atoms with Crippen LogP contribution in [0.15, 0.2) is 29.6 Å². The molecule has 0 bridgehead atoms. The van der Waals surface area contributed by atoms with E-state index in [1.165, 1.54) is 4.90 Å². The molecule has 1 aromatic heterocycles. The van der Waals surface area contributed by atoms with Gasteiger partial charge in [-0.25, -0.2) is 9.37 Å². The van der Waals surface area contributed by atoms with Crippen LogP contribution < -0.4 is 10.2 Å². The van der Waals surface area contributed by atoms with E-state index in [2.05, 4.69) is 15.1 Å². The zero-order chi connectivity index (χ0) is 29.1. The topological polar surface area (TPSA) is 104 Å². The number of nitrogens with zero attached hydrogens (tertiary/aromatic N) is 4. The van der Waals surface area contributed by atoms with Gasteiger partial charge in [0, 0.05) is 56.3 Å². The van der Waals surface area contributed by atoms with E-state index in [1.807, 2.05) is 31.4 Å². The Morgan fingerprint density at radius 2 is 1.93 bits per heavy atom. The monoisotopic (exact) mass is 587 g/mol. The van der Waals surface area contributed by atoms with Crippen molar-refractivity contribution in [3.05, 3.63) is 35.2 Å². The first-order valence-corrected chi connectivity index (χ1v) is 15.0. The van der Waals surface area contributed by atoms with Crippen LogP contribution in [0, 0.1) is 5.92 Å². The van der Waals surface area contributed by atoms with Crippen LogP contribution in [0.2, 0.25) is 0 Å². The second kappa shape index (κ2) is 12.9. The predicted molar refractivity (Wildman–Crippen MR) is 154 cm³/mol. The first kappa shape index (κ1) is 29.6. The van der Waals surface area contributed by atoms with Gasteiger partial charge in [-0.2, -0.15) is 0 Å². The van der Waals surface area contributed by atoms with Crippen molar-refractivity contribution in [3.8, 4) is 11.3 Å². The number of nitrogens with one attached hydrogen (secondary N) is 1. The van der Waals surface area contributed by atoms with E-state index >= 15 is 0 Å². The number of fused-ring (bicyclic) bond motifs is 1. The second-order valence-corrected chi connectivity index (χ2v) is 12.1. The summed E-state index contributed by atoms with van der Waals surface area (Å²) in [6.07, 6.45) is -1.98. The highest BCUT2D eigenvalue weighted by molar-refractivity contribution is 7.14. The fourth-order valence-corrected chi connectivity index (χ4v) is 6.56. The number of ether oxygens (including phenoxy) is 2. The maximum absolute atomic E-state index is 14.5. The highest BCUT2D eigenvalue weighted by Crippen LogP contribution is 2.31. The van der Waals surface area contributed by atoms with Crippen LogP contribution in [-0.4, -0.2) is 116 Å². The lowest BCUT2D eigenvalue weighted by Crippen LogP contribution is -2.52. The molecule has 3 aliphatic rings. The molecule has 222 valence electrons. The molecule has 12 heteroatoms. The molecule has 2 amide bonds. The van der Waals surface area contributed by atoms with Crippen molar-refractivity contribution >= 4 is 34.1 Å². The molecule has 1 N–H and O–H groups in total. The molecule has 0 spiro atoms. The third-order valence-corrected chi connectivity index (χ3v) is 8.81. The molecule has 2 aromatic rings. The summed E-state index contributed by atoms with van der Waals surface area (Å²) in [4.78, 5) is 49.7. The SMILES string of the molecule is COCCN1CCN(c2nc(-c3ccc(C(=O)N[C@@H](CC(C)C)C(=O)N4C[C@H](F)[C@H]5OCC(=O)[C@H]54)cc3)cs2)CC1. The van der Waals surface area contributed by atoms with E-state index in [0.717, 1.165) is 55.7 Å². The van der Waals surface area contributed by atoms with Gasteiger partial charge in [-0.3, -0.25) is 19.3 Å². The number of alkyl halides is 1. The number of carbonyl (C=O) groups is 3. The Kier molecular flexibility index (Phi) is 9.32. The number of aromatic nitrogens is 1. The molecule has 3 aliphatic heterocycles. The van der Waals surface area contributed by atoms with Gasteiger partial charge in [0.2, 0.25) is 5.91 Å². The van der Waals surface area contributed by atoms with Crippen LogP contribution in [-0.2, 0) is 19.1 Å². The molecule has 0 radical (unpaired) electrons. The lowest BCUT2D eigenvalue weighted by atomic mass is 10.0. The molecule has 1 aromatic carbocycles. The second-order valence-electron chi connectivity index (χ2n) is 11.3. The summed E-state index contributed by atoms with van der Waals surface area (Å²) in [6.45, 7) is 8.93. The van der Waals surface area contributed by atoms with Crippen LogP contribution in [0.5, 0.6) is 0 Å². The van der Waals surface area contributed by atoms with Gasteiger partial charge in [-0.1, -0.05) is 26.0 Å².